The largest absolute Gasteiger partial charge is 0.466 e. The van der Waals surface area contributed by atoms with Gasteiger partial charge in [0, 0.05) is 13.1 Å². The summed E-state index contributed by atoms with van der Waals surface area (Å²) < 4.78 is 10.2. The number of alkyl carbamates (subject to hydrolysis) is 1. The van der Waals surface area contributed by atoms with Crippen LogP contribution in [0.5, 0.6) is 0 Å². The van der Waals surface area contributed by atoms with Crippen molar-refractivity contribution in [3.63, 3.8) is 0 Å². The normalized spacial score (nSPS) is 12.8. The number of nitrogens with zero attached hydrogens (tertiary/aromatic N) is 1. The minimum Gasteiger partial charge on any atom is -0.466 e. The van der Waals surface area contributed by atoms with Gasteiger partial charge in [-0.2, -0.15) is 0 Å². The molecular weight excluding hydrogens is 462 g/mol. The van der Waals surface area contributed by atoms with Gasteiger partial charge in [-0.25, -0.2) is 4.79 Å². The Labute approximate surface area is 215 Å². The van der Waals surface area contributed by atoms with Crippen molar-refractivity contribution < 1.29 is 28.7 Å². The van der Waals surface area contributed by atoms with Crippen LogP contribution in [-0.2, 0) is 23.9 Å². The van der Waals surface area contributed by atoms with E-state index in [-0.39, 0.29) is 19.6 Å². The van der Waals surface area contributed by atoms with Crippen LogP contribution in [0.1, 0.15) is 83.5 Å². The number of carbonyl (C=O) groups excluding carboxylic acids is 4. The Balaban J connectivity index is 3.30. The number of nitrogens with one attached hydrogen (secondary N) is 2. The zero-order chi connectivity index (χ0) is 27.5. The summed E-state index contributed by atoms with van der Waals surface area (Å²) in [6, 6.07) is 3.77. The molecule has 2 atom stereocenters. The molecule has 0 heterocycles. The second-order valence-corrected chi connectivity index (χ2v) is 9.79. The van der Waals surface area contributed by atoms with E-state index in [4.69, 9.17) is 9.47 Å². The highest BCUT2D eigenvalue weighted by molar-refractivity contribution is 5.92. The lowest BCUT2D eigenvalue weighted by atomic mass is 9.95. The molecule has 1 rings (SSSR count). The molecule has 0 aliphatic carbocycles. The molecule has 202 valence electrons. The fraction of sp³-hybridized carbons (Fsp3) is 0.630. The first-order valence-corrected chi connectivity index (χ1v) is 12.6. The first-order chi connectivity index (χ1) is 16.8. The molecule has 1 aromatic carbocycles. The van der Waals surface area contributed by atoms with E-state index in [1.807, 2.05) is 39.0 Å². The Morgan fingerprint density at radius 2 is 1.75 bits per heavy atom. The van der Waals surface area contributed by atoms with Crippen molar-refractivity contribution in [2.75, 3.05) is 19.7 Å². The van der Waals surface area contributed by atoms with Gasteiger partial charge in [0.2, 0.25) is 11.8 Å². The van der Waals surface area contributed by atoms with Crippen LogP contribution in [0.2, 0.25) is 0 Å². The SMILES string of the molecule is CCCCN(C(=O)C(C)NC(=O)OC(C)(C)C)C(C(=O)NCCC(=O)OCC)c1cccc(C)c1C. The van der Waals surface area contributed by atoms with E-state index in [0.717, 1.165) is 17.5 Å². The Morgan fingerprint density at radius 3 is 2.33 bits per heavy atom. The van der Waals surface area contributed by atoms with Gasteiger partial charge in [-0.3, -0.25) is 14.4 Å². The number of unbranched alkanes of at least 4 members (excludes halogenated alkanes) is 1. The summed E-state index contributed by atoms with van der Waals surface area (Å²) in [6.45, 7) is 15.0. The molecule has 0 radical (unpaired) electrons. The summed E-state index contributed by atoms with van der Waals surface area (Å²) in [4.78, 5) is 52.7. The number of benzene rings is 1. The fourth-order valence-electron chi connectivity index (χ4n) is 3.63. The van der Waals surface area contributed by atoms with Crippen molar-refractivity contribution >= 4 is 23.9 Å². The van der Waals surface area contributed by atoms with Crippen molar-refractivity contribution in [2.24, 2.45) is 0 Å². The van der Waals surface area contributed by atoms with E-state index >= 15 is 0 Å². The lowest BCUT2D eigenvalue weighted by Gasteiger charge is -2.34. The number of amides is 3. The van der Waals surface area contributed by atoms with Crippen LogP contribution in [0.4, 0.5) is 4.79 Å². The molecule has 3 amide bonds. The van der Waals surface area contributed by atoms with E-state index in [2.05, 4.69) is 10.6 Å². The molecule has 9 nitrogen and oxygen atoms in total. The van der Waals surface area contributed by atoms with Gasteiger partial charge in [0.05, 0.1) is 13.0 Å². The van der Waals surface area contributed by atoms with Gasteiger partial charge in [0.1, 0.15) is 17.7 Å². The first-order valence-electron chi connectivity index (χ1n) is 12.6. The minimum atomic E-state index is -0.936. The molecule has 2 N–H and O–H groups in total. The number of esters is 1. The van der Waals surface area contributed by atoms with E-state index in [1.165, 1.54) is 4.90 Å². The molecular formula is C27H43N3O6. The third-order valence-corrected chi connectivity index (χ3v) is 5.57. The van der Waals surface area contributed by atoms with Gasteiger partial charge < -0.3 is 25.0 Å². The number of rotatable bonds is 12. The van der Waals surface area contributed by atoms with Crippen LogP contribution in [0, 0.1) is 13.8 Å². The molecule has 2 unspecified atom stereocenters. The highest BCUT2D eigenvalue weighted by Crippen LogP contribution is 2.27. The number of hydrogen-bond donors (Lipinski definition) is 2. The molecule has 0 saturated carbocycles. The second-order valence-electron chi connectivity index (χ2n) is 9.79. The van der Waals surface area contributed by atoms with Gasteiger partial charge in [0.15, 0.2) is 0 Å². The number of carbonyl (C=O) groups is 4. The number of hydrogen-bond acceptors (Lipinski definition) is 6. The second kappa shape index (κ2) is 14.5. The molecule has 1 aromatic rings. The van der Waals surface area contributed by atoms with Crippen LogP contribution < -0.4 is 10.6 Å². The Morgan fingerprint density at radius 1 is 1.08 bits per heavy atom. The highest BCUT2D eigenvalue weighted by Gasteiger charge is 2.35. The standard InChI is InChI=1S/C27H43N3O6/c1-9-11-17-30(25(33)20(5)29-26(34)36-27(6,7)8)23(21-14-12-13-18(3)19(21)4)24(32)28-16-15-22(31)35-10-2/h12-14,20,23H,9-11,15-17H2,1-8H3,(H,28,32)(H,29,34). The molecule has 36 heavy (non-hydrogen) atoms. The molecule has 9 heteroatoms. The summed E-state index contributed by atoms with van der Waals surface area (Å²) in [5.74, 6) is -1.21. The third kappa shape index (κ3) is 9.87. The lowest BCUT2D eigenvalue weighted by Crippen LogP contribution is -2.52. The maximum absolute atomic E-state index is 13.6. The summed E-state index contributed by atoms with van der Waals surface area (Å²) in [6.07, 6.45) is 0.795. The van der Waals surface area contributed by atoms with Crippen molar-refractivity contribution in [3.8, 4) is 0 Å². The quantitative estimate of drug-likeness (QED) is 0.416. The number of aryl methyl sites for hydroxylation is 1. The molecule has 0 aromatic heterocycles. The maximum Gasteiger partial charge on any atom is 0.408 e. The smallest absolute Gasteiger partial charge is 0.408 e. The van der Waals surface area contributed by atoms with Crippen LogP contribution in [0.3, 0.4) is 0 Å². The third-order valence-electron chi connectivity index (χ3n) is 5.57. The maximum atomic E-state index is 13.6. The average Bonchev–Trinajstić information content (AvgIpc) is 2.77. The van der Waals surface area contributed by atoms with Crippen molar-refractivity contribution in [3.05, 3.63) is 34.9 Å². The van der Waals surface area contributed by atoms with E-state index in [0.29, 0.717) is 18.5 Å². The van der Waals surface area contributed by atoms with Crippen LogP contribution in [0.15, 0.2) is 18.2 Å². The molecule has 0 saturated heterocycles. The molecule has 0 aliphatic rings. The topological polar surface area (TPSA) is 114 Å². The molecule has 0 spiro atoms. The van der Waals surface area contributed by atoms with Crippen LogP contribution in [-0.4, -0.2) is 60.1 Å². The predicted octanol–water partition coefficient (Wildman–Crippen LogP) is 3.96. The number of ether oxygens (including phenoxy) is 2. The molecule has 0 bridgehead atoms. The van der Waals surface area contributed by atoms with Gasteiger partial charge in [-0.1, -0.05) is 31.5 Å². The average molecular weight is 506 g/mol. The lowest BCUT2D eigenvalue weighted by molar-refractivity contribution is -0.144. The minimum absolute atomic E-state index is 0.0264. The van der Waals surface area contributed by atoms with Crippen molar-refractivity contribution in [1.29, 1.82) is 0 Å². The molecule has 0 aliphatic heterocycles. The first kappa shape index (κ1) is 30.9. The highest BCUT2D eigenvalue weighted by atomic mass is 16.6. The van der Waals surface area contributed by atoms with Gasteiger partial charge in [-0.15, -0.1) is 0 Å². The predicted molar refractivity (Wildman–Crippen MR) is 138 cm³/mol. The van der Waals surface area contributed by atoms with Crippen LogP contribution >= 0.6 is 0 Å². The van der Waals surface area contributed by atoms with E-state index in [9.17, 15) is 19.2 Å². The zero-order valence-electron chi connectivity index (χ0n) is 23.0. The van der Waals surface area contributed by atoms with E-state index in [1.54, 1.807) is 34.6 Å². The van der Waals surface area contributed by atoms with Gasteiger partial charge in [0.25, 0.3) is 0 Å². The fourth-order valence-corrected chi connectivity index (χ4v) is 3.63. The summed E-state index contributed by atoms with van der Waals surface area (Å²) in [5.41, 5.74) is 1.86. The van der Waals surface area contributed by atoms with Gasteiger partial charge in [-0.05, 0) is 71.6 Å². The zero-order valence-corrected chi connectivity index (χ0v) is 23.0. The Hall–Kier alpha value is -3.10. The Kier molecular flexibility index (Phi) is 12.4. The van der Waals surface area contributed by atoms with Crippen molar-refractivity contribution in [1.82, 2.24) is 15.5 Å². The summed E-state index contributed by atoms with van der Waals surface area (Å²) in [7, 11) is 0. The Bertz CT molecular complexity index is 909. The molecule has 0 fully saturated rings. The van der Waals surface area contributed by atoms with Crippen molar-refractivity contribution in [2.45, 2.75) is 92.3 Å². The van der Waals surface area contributed by atoms with Crippen LogP contribution in [0.25, 0.3) is 0 Å². The van der Waals surface area contributed by atoms with Gasteiger partial charge >= 0.3 is 12.1 Å². The monoisotopic (exact) mass is 505 g/mol. The van der Waals surface area contributed by atoms with E-state index < -0.39 is 41.6 Å². The summed E-state index contributed by atoms with van der Waals surface area (Å²) >= 11 is 0. The summed E-state index contributed by atoms with van der Waals surface area (Å²) in [5, 5.41) is 5.39.